The average molecular weight is 526 g/mol. The number of piperidine rings is 1. The molecule has 0 bridgehead atoms. The molecule has 0 saturated carbocycles. The highest BCUT2D eigenvalue weighted by Gasteiger charge is 2.23. The van der Waals surface area contributed by atoms with E-state index in [1.54, 1.807) is 11.7 Å². The van der Waals surface area contributed by atoms with Crippen molar-refractivity contribution in [3.8, 4) is 0 Å². The van der Waals surface area contributed by atoms with E-state index in [9.17, 15) is 4.79 Å². The second-order valence-corrected chi connectivity index (χ2v) is 7.38. The molecule has 2 aromatic rings. The molecule has 2 heterocycles. The summed E-state index contributed by atoms with van der Waals surface area (Å²) in [6, 6.07) is 8.47. The van der Waals surface area contributed by atoms with Crippen molar-refractivity contribution in [2.75, 3.05) is 20.1 Å². The van der Waals surface area contributed by atoms with Crippen LogP contribution in [0.4, 0.5) is 0 Å². The molecule has 1 aliphatic rings. The Balaban J connectivity index is 0.00000320. The van der Waals surface area contributed by atoms with Gasteiger partial charge in [0.2, 0.25) is 5.91 Å². The number of guanidine groups is 1. The number of likely N-dealkylation sites (tertiary alicyclic amines) is 1. The van der Waals surface area contributed by atoms with Gasteiger partial charge in [-0.25, -0.2) is 4.98 Å². The number of hydrogen-bond acceptors (Lipinski definition) is 5. The molecule has 3 rings (SSSR count). The summed E-state index contributed by atoms with van der Waals surface area (Å²) in [5, 5.41) is 10.6. The third kappa shape index (κ3) is 6.94. The van der Waals surface area contributed by atoms with Crippen LogP contribution in [0.1, 0.15) is 29.8 Å². The fourth-order valence-corrected chi connectivity index (χ4v) is 3.58. The summed E-state index contributed by atoms with van der Waals surface area (Å²) >= 11 is 0. The Labute approximate surface area is 194 Å². The first kappa shape index (κ1) is 24.1. The SMILES string of the molecule is CN=C(NCc1cccc(CN2CCCC(C(N)=O)C2)c1)NCc1ncnn1C.I. The fourth-order valence-electron chi connectivity index (χ4n) is 3.58. The van der Waals surface area contributed by atoms with E-state index in [0.717, 1.165) is 38.3 Å². The van der Waals surface area contributed by atoms with Crippen molar-refractivity contribution in [3.63, 3.8) is 0 Å². The maximum Gasteiger partial charge on any atom is 0.221 e. The van der Waals surface area contributed by atoms with Crippen molar-refractivity contribution in [3.05, 3.63) is 47.5 Å². The van der Waals surface area contributed by atoms with Crippen LogP contribution in [0.25, 0.3) is 0 Å². The lowest BCUT2D eigenvalue weighted by Gasteiger charge is -2.31. The van der Waals surface area contributed by atoms with Gasteiger partial charge in [0, 0.05) is 33.7 Å². The number of halogens is 1. The normalized spacial score (nSPS) is 17.3. The Morgan fingerprint density at radius 2 is 2.07 bits per heavy atom. The number of aromatic nitrogens is 3. The first-order valence-corrected chi connectivity index (χ1v) is 9.92. The largest absolute Gasteiger partial charge is 0.369 e. The predicted octanol–water partition coefficient (Wildman–Crippen LogP) is 0.996. The Kier molecular flexibility index (Phi) is 9.50. The zero-order valence-electron chi connectivity index (χ0n) is 17.5. The van der Waals surface area contributed by atoms with Crippen molar-refractivity contribution < 1.29 is 4.79 Å². The quantitative estimate of drug-likeness (QED) is 0.282. The zero-order valence-corrected chi connectivity index (χ0v) is 19.9. The second-order valence-electron chi connectivity index (χ2n) is 7.38. The standard InChI is InChI=1S/C20H30N8O.HI/c1-22-20(24-11-18-25-14-26-27(18)2)23-10-15-5-3-6-16(9-15)12-28-8-4-7-17(13-28)19(21)29;/h3,5-6,9,14,17H,4,7-8,10-13H2,1-2H3,(H2,21,29)(H2,22,23,24);1H. The van der Waals surface area contributed by atoms with E-state index >= 15 is 0 Å². The maximum absolute atomic E-state index is 11.5. The van der Waals surface area contributed by atoms with E-state index in [4.69, 9.17) is 5.73 Å². The second kappa shape index (κ2) is 11.8. The molecule has 0 radical (unpaired) electrons. The van der Waals surface area contributed by atoms with Gasteiger partial charge in [-0.1, -0.05) is 24.3 Å². The van der Waals surface area contributed by atoms with Gasteiger partial charge in [0.1, 0.15) is 12.2 Å². The number of carbonyl (C=O) groups excluding carboxylic acids is 1. The Morgan fingerprint density at radius 3 is 2.77 bits per heavy atom. The van der Waals surface area contributed by atoms with Gasteiger partial charge in [0.15, 0.2) is 5.96 Å². The van der Waals surface area contributed by atoms with Gasteiger partial charge in [-0.2, -0.15) is 5.10 Å². The topological polar surface area (TPSA) is 113 Å². The van der Waals surface area contributed by atoms with Crippen LogP contribution in [0.3, 0.4) is 0 Å². The molecular formula is C20H31IN8O. The van der Waals surface area contributed by atoms with Gasteiger partial charge >= 0.3 is 0 Å². The first-order valence-electron chi connectivity index (χ1n) is 9.92. The first-order chi connectivity index (χ1) is 14.0. The van der Waals surface area contributed by atoms with Crippen molar-refractivity contribution in [2.45, 2.75) is 32.5 Å². The number of nitrogens with one attached hydrogen (secondary N) is 2. The lowest BCUT2D eigenvalue weighted by atomic mass is 9.97. The van der Waals surface area contributed by atoms with Gasteiger partial charge in [0.05, 0.1) is 12.5 Å². The third-order valence-corrected chi connectivity index (χ3v) is 5.21. The van der Waals surface area contributed by atoms with Gasteiger partial charge in [-0.3, -0.25) is 19.4 Å². The highest BCUT2D eigenvalue weighted by Crippen LogP contribution is 2.18. The predicted molar refractivity (Wildman–Crippen MR) is 127 cm³/mol. The number of rotatable bonds is 7. The molecule has 10 heteroatoms. The number of hydrogen-bond donors (Lipinski definition) is 3. The molecule has 1 aromatic heterocycles. The number of benzene rings is 1. The average Bonchev–Trinajstić information content (AvgIpc) is 3.13. The van der Waals surface area contributed by atoms with Crippen LogP contribution >= 0.6 is 24.0 Å². The minimum Gasteiger partial charge on any atom is -0.369 e. The van der Waals surface area contributed by atoms with Crippen LogP contribution in [0.2, 0.25) is 0 Å². The van der Waals surface area contributed by atoms with E-state index in [-0.39, 0.29) is 35.8 Å². The van der Waals surface area contributed by atoms with Crippen LogP contribution in [0.5, 0.6) is 0 Å². The van der Waals surface area contributed by atoms with E-state index in [1.807, 2.05) is 7.05 Å². The van der Waals surface area contributed by atoms with E-state index in [0.29, 0.717) is 19.0 Å². The van der Waals surface area contributed by atoms with Crippen LogP contribution in [-0.2, 0) is 31.5 Å². The minimum atomic E-state index is -0.187. The van der Waals surface area contributed by atoms with Crippen LogP contribution < -0.4 is 16.4 Å². The molecule has 9 nitrogen and oxygen atoms in total. The van der Waals surface area contributed by atoms with Gasteiger partial charge in [-0.15, -0.1) is 24.0 Å². The highest BCUT2D eigenvalue weighted by atomic mass is 127. The summed E-state index contributed by atoms with van der Waals surface area (Å²) in [7, 11) is 3.60. The number of amides is 1. The van der Waals surface area contributed by atoms with Gasteiger partial charge in [0.25, 0.3) is 0 Å². The summed E-state index contributed by atoms with van der Waals surface area (Å²) in [5.41, 5.74) is 7.90. The molecule has 0 spiro atoms. The van der Waals surface area contributed by atoms with Crippen molar-refractivity contribution in [2.24, 2.45) is 23.7 Å². The molecular weight excluding hydrogens is 495 g/mol. The number of primary amides is 1. The van der Waals surface area contributed by atoms with Crippen LogP contribution in [0.15, 0.2) is 35.6 Å². The van der Waals surface area contributed by atoms with E-state index < -0.39 is 0 Å². The smallest absolute Gasteiger partial charge is 0.221 e. The number of nitrogens with two attached hydrogens (primary N) is 1. The zero-order chi connectivity index (χ0) is 20.6. The molecule has 1 aromatic carbocycles. The lowest BCUT2D eigenvalue weighted by molar-refractivity contribution is -0.123. The number of nitrogens with zero attached hydrogens (tertiary/aromatic N) is 5. The highest BCUT2D eigenvalue weighted by molar-refractivity contribution is 14.0. The number of aliphatic imine (C=N–C) groups is 1. The molecule has 1 unspecified atom stereocenters. The monoisotopic (exact) mass is 526 g/mol. The molecule has 4 N–H and O–H groups in total. The minimum absolute atomic E-state index is 0. The molecule has 164 valence electrons. The molecule has 1 atom stereocenters. The van der Waals surface area contributed by atoms with Gasteiger partial charge < -0.3 is 16.4 Å². The Morgan fingerprint density at radius 1 is 1.30 bits per heavy atom. The van der Waals surface area contributed by atoms with E-state index in [2.05, 4.69) is 54.9 Å². The molecule has 1 fully saturated rings. The summed E-state index contributed by atoms with van der Waals surface area (Å²) in [4.78, 5) is 22.3. The van der Waals surface area contributed by atoms with Crippen molar-refractivity contribution in [1.82, 2.24) is 30.3 Å². The molecule has 30 heavy (non-hydrogen) atoms. The van der Waals surface area contributed by atoms with E-state index in [1.165, 1.54) is 17.5 Å². The summed E-state index contributed by atoms with van der Waals surface area (Å²) in [6.07, 6.45) is 3.45. The van der Waals surface area contributed by atoms with Crippen LogP contribution in [-0.4, -0.2) is 51.7 Å². The van der Waals surface area contributed by atoms with Gasteiger partial charge in [-0.05, 0) is 30.5 Å². The fraction of sp³-hybridized carbons (Fsp3) is 0.500. The Bertz CT molecular complexity index is 853. The molecule has 0 aliphatic carbocycles. The van der Waals surface area contributed by atoms with Crippen molar-refractivity contribution in [1.29, 1.82) is 0 Å². The molecule has 1 aliphatic heterocycles. The molecule has 1 amide bonds. The maximum atomic E-state index is 11.5. The third-order valence-electron chi connectivity index (χ3n) is 5.21. The summed E-state index contributed by atoms with van der Waals surface area (Å²) in [5.74, 6) is 1.33. The number of carbonyl (C=O) groups is 1. The molecule has 1 saturated heterocycles. The van der Waals surface area contributed by atoms with Crippen LogP contribution in [0, 0.1) is 5.92 Å². The lowest BCUT2D eigenvalue weighted by Crippen LogP contribution is -2.40. The Hall–Kier alpha value is -2.21. The number of aryl methyl sites for hydroxylation is 1. The summed E-state index contributed by atoms with van der Waals surface area (Å²) < 4.78 is 1.73. The van der Waals surface area contributed by atoms with Crippen molar-refractivity contribution >= 4 is 35.8 Å². The summed E-state index contributed by atoms with van der Waals surface area (Å²) in [6.45, 7) is 3.79.